The van der Waals surface area contributed by atoms with Gasteiger partial charge in [-0.05, 0) is 61.2 Å². The summed E-state index contributed by atoms with van der Waals surface area (Å²) in [5.74, 6) is 0.350. The van der Waals surface area contributed by atoms with Crippen molar-refractivity contribution >= 4 is 17.6 Å². The van der Waals surface area contributed by atoms with Gasteiger partial charge in [0.05, 0.1) is 12.7 Å². The molecule has 2 aromatic rings. The van der Waals surface area contributed by atoms with Gasteiger partial charge >= 0.3 is 5.97 Å². The van der Waals surface area contributed by atoms with E-state index in [2.05, 4.69) is 23.9 Å². The van der Waals surface area contributed by atoms with E-state index >= 15 is 0 Å². The van der Waals surface area contributed by atoms with Crippen LogP contribution in [0.25, 0.3) is 0 Å². The first-order chi connectivity index (χ1) is 12.3. The van der Waals surface area contributed by atoms with E-state index in [1.165, 1.54) is 7.11 Å². The summed E-state index contributed by atoms with van der Waals surface area (Å²) >= 11 is 0. The molecule has 0 unspecified atom stereocenters. The molecule has 2 aromatic carbocycles. The number of carbonyl (C=O) groups excluding carboxylic acids is 2. The fourth-order valence-corrected chi connectivity index (χ4v) is 2.52. The number of amides is 1. The Balaban J connectivity index is 2.06. The summed E-state index contributed by atoms with van der Waals surface area (Å²) < 4.78 is 10.6. The Bertz CT molecular complexity index is 781. The quantitative estimate of drug-likeness (QED) is 0.784. The first-order valence-corrected chi connectivity index (χ1v) is 8.58. The van der Waals surface area contributed by atoms with Gasteiger partial charge in [0, 0.05) is 5.69 Å². The number of anilines is 1. The zero-order valence-electron chi connectivity index (χ0n) is 15.8. The average molecular weight is 355 g/mol. The normalized spacial score (nSPS) is 11.8. The van der Waals surface area contributed by atoms with Gasteiger partial charge in [0.25, 0.3) is 5.91 Å². The Labute approximate surface area is 154 Å². The van der Waals surface area contributed by atoms with E-state index in [0.29, 0.717) is 17.2 Å². The summed E-state index contributed by atoms with van der Waals surface area (Å²) in [7, 11) is 1.33. The standard InChI is InChI=1S/C21H25NO4/c1-13(2)18-11-6-14(3)12-19(18)26-15(4)20(23)22-17-9-7-16(8-10-17)21(24)25-5/h6-13,15H,1-5H3,(H,22,23)/t15-/m0/s1. The molecule has 0 aliphatic rings. The third-order valence-corrected chi connectivity index (χ3v) is 4.04. The second-order valence-electron chi connectivity index (χ2n) is 6.51. The second kappa shape index (κ2) is 8.52. The number of methoxy groups -OCH3 is 1. The number of ether oxygens (including phenoxy) is 2. The van der Waals surface area contributed by atoms with Crippen LogP contribution in [-0.2, 0) is 9.53 Å². The lowest BCUT2D eigenvalue weighted by Gasteiger charge is -2.19. The van der Waals surface area contributed by atoms with Crippen LogP contribution in [0.1, 0.15) is 48.2 Å². The van der Waals surface area contributed by atoms with Crippen LogP contribution in [-0.4, -0.2) is 25.1 Å². The van der Waals surface area contributed by atoms with E-state index in [1.54, 1.807) is 31.2 Å². The second-order valence-corrected chi connectivity index (χ2v) is 6.51. The molecule has 0 radical (unpaired) electrons. The number of aryl methyl sites for hydroxylation is 1. The van der Waals surface area contributed by atoms with Crippen LogP contribution in [0.2, 0.25) is 0 Å². The minimum absolute atomic E-state index is 0.257. The third kappa shape index (κ3) is 4.85. The molecule has 0 spiro atoms. The van der Waals surface area contributed by atoms with Gasteiger partial charge in [0.15, 0.2) is 6.10 Å². The molecule has 138 valence electrons. The molecule has 0 aliphatic carbocycles. The Kier molecular flexibility index (Phi) is 6.39. The average Bonchev–Trinajstić information content (AvgIpc) is 2.61. The number of rotatable bonds is 6. The number of benzene rings is 2. The van der Waals surface area contributed by atoms with Crippen molar-refractivity contribution in [2.75, 3.05) is 12.4 Å². The molecule has 0 aromatic heterocycles. The minimum Gasteiger partial charge on any atom is -0.481 e. The van der Waals surface area contributed by atoms with Crippen molar-refractivity contribution in [1.29, 1.82) is 0 Å². The van der Waals surface area contributed by atoms with Gasteiger partial charge in [-0.25, -0.2) is 4.79 Å². The van der Waals surface area contributed by atoms with Gasteiger partial charge < -0.3 is 14.8 Å². The summed E-state index contributed by atoms with van der Waals surface area (Å²) in [6.45, 7) is 7.88. The summed E-state index contributed by atoms with van der Waals surface area (Å²) in [4.78, 5) is 23.9. The molecule has 5 heteroatoms. The smallest absolute Gasteiger partial charge is 0.337 e. The van der Waals surface area contributed by atoms with E-state index in [0.717, 1.165) is 16.9 Å². The zero-order valence-corrected chi connectivity index (χ0v) is 15.8. The van der Waals surface area contributed by atoms with Crippen molar-refractivity contribution in [3.05, 3.63) is 59.2 Å². The van der Waals surface area contributed by atoms with Crippen LogP contribution in [0.4, 0.5) is 5.69 Å². The maximum Gasteiger partial charge on any atom is 0.337 e. The van der Waals surface area contributed by atoms with Crippen molar-refractivity contribution in [1.82, 2.24) is 0 Å². The highest BCUT2D eigenvalue weighted by molar-refractivity contribution is 5.95. The highest BCUT2D eigenvalue weighted by Crippen LogP contribution is 2.28. The number of hydrogen-bond donors (Lipinski definition) is 1. The minimum atomic E-state index is -0.658. The van der Waals surface area contributed by atoms with Crippen molar-refractivity contribution in [3.63, 3.8) is 0 Å². The SMILES string of the molecule is COC(=O)c1ccc(NC(=O)[C@H](C)Oc2cc(C)ccc2C(C)C)cc1. The third-order valence-electron chi connectivity index (χ3n) is 4.04. The summed E-state index contributed by atoms with van der Waals surface area (Å²) in [6, 6.07) is 12.5. The van der Waals surface area contributed by atoms with E-state index in [-0.39, 0.29) is 5.91 Å². The van der Waals surface area contributed by atoms with Gasteiger partial charge in [-0.2, -0.15) is 0 Å². The molecule has 0 fully saturated rings. The number of hydrogen-bond acceptors (Lipinski definition) is 4. The topological polar surface area (TPSA) is 64.6 Å². The first-order valence-electron chi connectivity index (χ1n) is 8.58. The molecule has 0 saturated heterocycles. The molecule has 0 aliphatic heterocycles. The fourth-order valence-electron chi connectivity index (χ4n) is 2.52. The van der Waals surface area contributed by atoms with Crippen molar-refractivity contribution in [3.8, 4) is 5.75 Å². The van der Waals surface area contributed by atoms with E-state index in [1.807, 2.05) is 25.1 Å². The highest BCUT2D eigenvalue weighted by Gasteiger charge is 2.18. The molecule has 1 N–H and O–H groups in total. The van der Waals surface area contributed by atoms with Gasteiger partial charge in [0.1, 0.15) is 5.75 Å². The predicted molar refractivity (Wildman–Crippen MR) is 102 cm³/mol. The Morgan fingerprint density at radius 1 is 1.00 bits per heavy atom. The van der Waals surface area contributed by atoms with Crippen LogP contribution in [0.15, 0.2) is 42.5 Å². The molecule has 2 rings (SSSR count). The molecule has 26 heavy (non-hydrogen) atoms. The molecule has 5 nitrogen and oxygen atoms in total. The van der Waals surface area contributed by atoms with Gasteiger partial charge in [-0.3, -0.25) is 4.79 Å². The van der Waals surface area contributed by atoms with Gasteiger partial charge in [0.2, 0.25) is 0 Å². The number of nitrogens with one attached hydrogen (secondary N) is 1. The number of carbonyl (C=O) groups is 2. The van der Waals surface area contributed by atoms with E-state index < -0.39 is 12.1 Å². The molecule has 1 atom stereocenters. The van der Waals surface area contributed by atoms with E-state index in [4.69, 9.17) is 4.74 Å². The summed E-state index contributed by atoms with van der Waals surface area (Å²) in [5.41, 5.74) is 3.16. The first kappa shape index (κ1) is 19.5. The maximum absolute atomic E-state index is 12.4. The van der Waals surface area contributed by atoms with E-state index in [9.17, 15) is 9.59 Å². The van der Waals surface area contributed by atoms with Gasteiger partial charge in [-0.1, -0.05) is 26.0 Å². The zero-order chi connectivity index (χ0) is 19.3. The molecule has 0 bridgehead atoms. The maximum atomic E-state index is 12.4. The monoisotopic (exact) mass is 355 g/mol. The Morgan fingerprint density at radius 2 is 1.65 bits per heavy atom. The Hall–Kier alpha value is -2.82. The summed E-state index contributed by atoms with van der Waals surface area (Å²) in [6.07, 6.45) is -0.658. The predicted octanol–water partition coefficient (Wildman–Crippen LogP) is 4.31. The summed E-state index contributed by atoms with van der Waals surface area (Å²) in [5, 5.41) is 2.79. The molecule has 1 amide bonds. The van der Waals surface area contributed by atoms with Crippen molar-refractivity contribution < 1.29 is 19.1 Å². The molecular formula is C21H25NO4. The van der Waals surface area contributed by atoms with Crippen molar-refractivity contribution in [2.24, 2.45) is 0 Å². The lowest BCUT2D eigenvalue weighted by molar-refractivity contribution is -0.122. The molecular weight excluding hydrogens is 330 g/mol. The van der Waals surface area contributed by atoms with Crippen molar-refractivity contribution in [2.45, 2.75) is 39.7 Å². The largest absolute Gasteiger partial charge is 0.481 e. The lowest BCUT2D eigenvalue weighted by atomic mass is 10.0. The van der Waals surface area contributed by atoms with Gasteiger partial charge in [-0.15, -0.1) is 0 Å². The van der Waals surface area contributed by atoms with Crippen LogP contribution >= 0.6 is 0 Å². The highest BCUT2D eigenvalue weighted by atomic mass is 16.5. The number of esters is 1. The van der Waals surface area contributed by atoms with Crippen LogP contribution in [0.5, 0.6) is 5.75 Å². The molecule has 0 saturated carbocycles. The van der Waals surface area contributed by atoms with Crippen LogP contribution in [0, 0.1) is 6.92 Å². The fraction of sp³-hybridized carbons (Fsp3) is 0.333. The lowest BCUT2D eigenvalue weighted by Crippen LogP contribution is -2.30. The van der Waals surface area contributed by atoms with Crippen LogP contribution in [0.3, 0.4) is 0 Å². The molecule has 0 heterocycles. The Morgan fingerprint density at radius 3 is 2.23 bits per heavy atom. The van der Waals surface area contributed by atoms with Crippen LogP contribution < -0.4 is 10.1 Å².